The van der Waals surface area contributed by atoms with E-state index in [1.165, 1.54) is 25.3 Å². The number of aromatic nitrogens is 4. The molecule has 50 heavy (non-hydrogen) atoms. The molecule has 0 aromatic carbocycles. The van der Waals surface area contributed by atoms with Crippen molar-refractivity contribution in [1.82, 2.24) is 24.8 Å². The van der Waals surface area contributed by atoms with E-state index in [-0.39, 0.29) is 28.4 Å². The Morgan fingerprint density at radius 2 is 1.34 bits per heavy atom. The maximum Gasteiger partial charge on any atom is 0.263 e. The van der Waals surface area contributed by atoms with Gasteiger partial charge in [-0.1, -0.05) is 15.9 Å². The van der Waals surface area contributed by atoms with Crippen LogP contribution in [-0.4, -0.2) is 188 Å². The van der Waals surface area contributed by atoms with Crippen LogP contribution in [0.1, 0.15) is 22.8 Å². The lowest BCUT2D eigenvalue weighted by Crippen LogP contribution is -2.92. The third kappa shape index (κ3) is 4.62. The summed E-state index contributed by atoms with van der Waals surface area (Å²) in [7, 11) is 85.4. The van der Waals surface area contributed by atoms with Gasteiger partial charge in [0.15, 0.2) is 5.78 Å². The summed E-state index contributed by atoms with van der Waals surface area (Å²) < 4.78 is 0.362. The summed E-state index contributed by atoms with van der Waals surface area (Å²) in [6.45, 7) is 2.45. The minimum atomic E-state index is -3.48. The SMILES string of the molecule is [B]C1([B])NC([B])([B])C([B])([B])N(c2ccc(Nc3ncc4c(C)c(C(C)=O)c(=O)n(C5([B])C([B])(O)C([B])([B])C([B])(O)C5([B])O)c4n3)nc2)C1([B])[B]. The number of rotatable bonds is 5. The van der Waals surface area contributed by atoms with Gasteiger partial charge in [0.25, 0.3) is 5.56 Å². The van der Waals surface area contributed by atoms with Crippen molar-refractivity contribution in [3.05, 3.63) is 46.0 Å². The molecule has 3 aromatic heterocycles. The zero-order chi connectivity index (χ0) is 38.2. The monoisotopic (exact) mass is 635 g/mol. The second-order valence-corrected chi connectivity index (χ2v) is 12.9. The first-order valence-electron chi connectivity index (χ1n) is 14.4. The van der Waals surface area contributed by atoms with Crippen LogP contribution in [0, 0.1) is 6.92 Å². The molecule has 3 aromatic rings. The van der Waals surface area contributed by atoms with E-state index in [4.69, 9.17) is 110 Å². The van der Waals surface area contributed by atoms with Crippen LogP contribution in [0.2, 0.25) is 5.21 Å². The quantitative estimate of drug-likeness (QED) is 0.134. The lowest BCUT2D eigenvalue weighted by molar-refractivity contribution is -0.0610. The molecule has 0 spiro atoms. The number of hydrogen-bond donors (Lipinski definition) is 5. The molecule has 2 fully saturated rings. The van der Waals surface area contributed by atoms with Gasteiger partial charge < -0.3 is 30.9 Å². The Kier molecular flexibility index (Phi) is 8.50. The fourth-order valence-corrected chi connectivity index (χ4v) is 6.31. The number of piperazine rings is 1. The molecular formula is C24H15B14N7O5. The van der Waals surface area contributed by atoms with Gasteiger partial charge in [0.2, 0.25) is 5.95 Å². The molecule has 2 aliphatic rings. The average molecular weight is 633 g/mol. The number of fused-ring (bicyclic) bond motifs is 1. The number of aryl methyl sites for hydroxylation is 1. The average Bonchev–Trinajstić information content (AvgIpc) is 3.00. The predicted octanol–water partition coefficient (Wildman–Crippen LogP) is -7.33. The van der Waals surface area contributed by atoms with Crippen LogP contribution in [0.3, 0.4) is 0 Å². The molecule has 1 aliphatic carbocycles. The van der Waals surface area contributed by atoms with E-state index in [1.54, 1.807) is 0 Å². The maximum atomic E-state index is 14.0. The second kappa shape index (κ2) is 11.0. The maximum absolute atomic E-state index is 14.0. The Balaban J connectivity index is 1.68. The highest BCUT2D eigenvalue weighted by Crippen LogP contribution is 2.62. The summed E-state index contributed by atoms with van der Waals surface area (Å²) in [5, 5.41) is 27.2. The summed E-state index contributed by atoms with van der Waals surface area (Å²) in [4.78, 5) is 40.5. The number of pyridine rings is 2. The highest BCUT2D eigenvalue weighted by atomic mass is 16.4. The normalized spacial score (nSPS) is 32.0. The van der Waals surface area contributed by atoms with E-state index in [2.05, 4.69) is 25.6 Å². The minimum absolute atomic E-state index is 0.0280. The lowest BCUT2D eigenvalue weighted by atomic mass is 9.27. The summed E-state index contributed by atoms with van der Waals surface area (Å²) in [5.74, 6) is -1.05. The minimum Gasteiger partial charge on any atom is -0.399 e. The van der Waals surface area contributed by atoms with Crippen molar-refractivity contribution in [3.8, 4) is 0 Å². The first-order valence-corrected chi connectivity index (χ1v) is 14.4. The van der Waals surface area contributed by atoms with Crippen LogP contribution in [0.5, 0.6) is 0 Å². The Morgan fingerprint density at radius 3 is 1.78 bits per heavy atom. The Labute approximate surface area is 306 Å². The molecule has 4 unspecified atom stereocenters. The van der Waals surface area contributed by atoms with E-state index in [1.807, 2.05) is 0 Å². The predicted molar refractivity (Wildman–Crippen MR) is 199 cm³/mol. The van der Waals surface area contributed by atoms with Gasteiger partial charge in [-0.25, -0.2) is 9.97 Å². The van der Waals surface area contributed by atoms with Crippen LogP contribution < -0.4 is 21.1 Å². The number of ketones is 1. The van der Waals surface area contributed by atoms with E-state index >= 15 is 0 Å². The first-order chi connectivity index (χ1) is 22.4. The van der Waals surface area contributed by atoms with Crippen molar-refractivity contribution >= 4 is 144 Å². The molecule has 1 aliphatic heterocycles. The number of nitrogens with one attached hydrogen (secondary N) is 2. The summed E-state index contributed by atoms with van der Waals surface area (Å²) in [6, 6.07) is 2.72. The number of carbonyl (C=O) groups is 1. The van der Waals surface area contributed by atoms with Crippen molar-refractivity contribution in [2.24, 2.45) is 0 Å². The van der Waals surface area contributed by atoms with Crippen molar-refractivity contribution in [2.75, 3.05) is 10.2 Å². The molecule has 0 amide bonds. The number of hydrogen-bond acceptors (Lipinski definition) is 11. The van der Waals surface area contributed by atoms with E-state index < -0.39 is 71.1 Å². The number of aliphatic hydroxyl groups is 3. The molecule has 218 valence electrons. The summed E-state index contributed by atoms with van der Waals surface area (Å²) in [6.07, 6.45) is 2.34. The zero-order valence-corrected chi connectivity index (χ0v) is 26.8. The zero-order valence-electron chi connectivity index (χ0n) is 26.8. The van der Waals surface area contributed by atoms with Crippen LogP contribution in [0.15, 0.2) is 29.3 Å². The number of carbonyl (C=O) groups excluding carboxylic acids is 1. The van der Waals surface area contributed by atoms with Gasteiger partial charge in [-0.3, -0.25) is 14.2 Å². The van der Waals surface area contributed by atoms with E-state index in [9.17, 15) is 24.9 Å². The topological polar surface area (TPSA) is 166 Å². The fraction of sp³-hybridized carbons (Fsp3) is 0.458. The Hall–Kier alpha value is -2.54. The molecule has 28 radical (unpaired) electrons. The largest absolute Gasteiger partial charge is 0.399 e. The molecule has 5 N–H and O–H groups in total. The molecule has 1 saturated heterocycles. The van der Waals surface area contributed by atoms with Gasteiger partial charge in [0.1, 0.15) is 42.9 Å². The van der Waals surface area contributed by atoms with Crippen molar-refractivity contribution in [3.63, 3.8) is 0 Å². The number of anilines is 3. The van der Waals surface area contributed by atoms with Gasteiger partial charge in [-0.15, -0.1) is 0 Å². The molecule has 4 heterocycles. The van der Waals surface area contributed by atoms with Gasteiger partial charge in [0, 0.05) is 28.0 Å². The van der Waals surface area contributed by atoms with Crippen LogP contribution in [0.25, 0.3) is 11.0 Å². The summed E-state index contributed by atoms with van der Waals surface area (Å²) in [5.41, 5.74) is -15.7. The highest BCUT2D eigenvalue weighted by molar-refractivity contribution is 6.62. The van der Waals surface area contributed by atoms with Crippen molar-refractivity contribution < 1.29 is 20.1 Å². The number of nitrogens with zero attached hydrogens (tertiary/aromatic N) is 5. The third-order valence-electron chi connectivity index (χ3n) is 9.61. The Bertz CT molecular complexity index is 1940. The van der Waals surface area contributed by atoms with Crippen molar-refractivity contribution in [2.45, 2.75) is 62.4 Å². The van der Waals surface area contributed by atoms with E-state index in [0.29, 0.717) is 4.57 Å². The molecule has 12 nitrogen and oxygen atoms in total. The third-order valence-corrected chi connectivity index (χ3v) is 9.61. The van der Waals surface area contributed by atoms with Gasteiger partial charge in [-0.05, 0) is 42.2 Å². The van der Waals surface area contributed by atoms with Gasteiger partial charge in [0.05, 0.1) is 101 Å². The smallest absolute Gasteiger partial charge is 0.263 e. The first kappa shape index (κ1) is 38.7. The number of Topliss-reactive ketones (excluding diaryl/α,β-unsaturated/α-hetero) is 1. The fourth-order valence-electron chi connectivity index (χ4n) is 6.31. The molecular weight excluding hydrogens is 618 g/mol. The molecule has 0 bridgehead atoms. The molecule has 26 heteroatoms. The van der Waals surface area contributed by atoms with Crippen LogP contribution in [0.4, 0.5) is 17.5 Å². The molecule has 4 atom stereocenters. The highest BCUT2D eigenvalue weighted by Gasteiger charge is 2.77. The molecule has 1 saturated carbocycles. The lowest BCUT2D eigenvalue weighted by Gasteiger charge is -2.71. The van der Waals surface area contributed by atoms with Crippen LogP contribution >= 0.6 is 0 Å². The van der Waals surface area contributed by atoms with Crippen LogP contribution in [-0.2, 0) is 5.44 Å². The van der Waals surface area contributed by atoms with Crippen molar-refractivity contribution in [1.29, 1.82) is 0 Å². The summed E-state index contributed by atoms with van der Waals surface area (Å²) >= 11 is 0. The van der Waals surface area contributed by atoms with Gasteiger partial charge >= 0.3 is 0 Å². The molecule has 5 rings (SSSR count). The standard InChI is InChI=1S/C24H15B14N7O5/c1-7-10-6-40-15(41-11-4-3-9(5-39-11)45-23(35,36)21(31,32)43-22(33,34)24(45,37)38)42-13(10)44(14(47)12(7)8(2)46)17(27)18(28,48)16(25,26)19(29,49)20(17,30)50/h3-6,43,48-50H,1-2H3,(H,39,40,41,42). The Morgan fingerprint density at radius 1 is 0.800 bits per heavy atom. The van der Waals surface area contributed by atoms with Gasteiger partial charge in [-0.2, -0.15) is 4.98 Å². The second-order valence-electron chi connectivity index (χ2n) is 12.9. The van der Waals surface area contributed by atoms with E-state index in [0.717, 1.165) is 18.0 Å².